The van der Waals surface area contributed by atoms with Crippen molar-refractivity contribution in [1.82, 2.24) is 19.7 Å². The zero-order chi connectivity index (χ0) is 14.9. The normalized spacial score (nSPS) is 17.8. The number of fused-ring (bicyclic) bond motifs is 1. The van der Waals surface area contributed by atoms with E-state index in [2.05, 4.69) is 10.2 Å². The number of hydrogen-bond donors (Lipinski definition) is 2. The molecule has 0 bridgehead atoms. The molecule has 1 aromatic rings. The largest absolute Gasteiger partial charge is 0.451 e. The Hall–Kier alpha value is -1.68. The molecule has 112 valence electrons. The van der Waals surface area contributed by atoms with Gasteiger partial charge in [-0.05, 0) is 6.42 Å². The van der Waals surface area contributed by atoms with Crippen LogP contribution in [-0.2, 0) is 24.1 Å². The molecule has 0 fully saturated rings. The molecular formula is C10H15F3N6O. The van der Waals surface area contributed by atoms with Crippen LogP contribution < -0.4 is 11.5 Å². The Bertz CT molecular complexity index is 500. The van der Waals surface area contributed by atoms with Crippen LogP contribution in [0.15, 0.2) is 0 Å². The van der Waals surface area contributed by atoms with Crippen LogP contribution in [0.2, 0.25) is 0 Å². The minimum absolute atomic E-state index is 0.156. The molecular weight excluding hydrogens is 277 g/mol. The molecule has 2 heterocycles. The van der Waals surface area contributed by atoms with E-state index in [0.29, 0.717) is 19.5 Å². The molecule has 0 radical (unpaired) electrons. The first-order valence-electron chi connectivity index (χ1n) is 6.05. The number of aromatic nitrogens is 3. The zero-order valence-electron chi connectivity index (χ0n) is 10.6. The molecule has 1 amide bonds. The van der Waals surface area contributed by atoms with Gasteiger partial charge in [0.25, 0.3) is 0 Å². The third kappa shape index (κ3) is 3.07. The Balaban J connectivity index is 1.99. The first-order valence-corrected chi connectivity index (χ1v) is 6.05. The molecule has 0 spiro atoms. The van der Waals surface area contributed by atoms with Crippen LogP contribution in [-0.4, -0.2) is 44.7 Å². The molecule has 1 atom stereocenters. The summed E-state index contributed by atoms with van der Waals surface area (Å²) >= 11 is 0. The van der Waals surface area contributed by atoms with Crippen LogP contribution in [0.25, 0.3) is 0 Å². The zero-order valence-corrected chi connectivity index (χ0v) is 10.6. The first-order chi connectivity index (χ1) is 9.29. The molecule has 7 nitrogen and oxygen atoms in total. The van der Waals surface area contributed by atoms with Crippen molar-refractivity contribution in [2.24, 2.45) is 11.5 Å². The molecule has 0 aliphatic carbocycles. The number of amides is 1. The van der Waals surface area contributed by atoms with Crippen LogP contribution in [0.5, 0.6) is 0 Å². The maximum absolute atomic E-state index is 12.6. The number of halogens is 3. The van der Waals surface area contributed by atoms with Crippen molar-refractivity contribution in [3.8, 4) is 0 Å². The number of alkyl halides is 3. The molecule has 20 heavy (non-hydrogen) atoms. The fourth-order valence-electron chi connectivity index (χ4n) is 2.07. The Morgan fingerprint density at radius 3 is 2.65 bits per heavy atom. The van der Waals surface area contributed by atoms with Crippen molar-refractivity contribution in [1.29, 1.82) is 0 Å². The lowest BCUT2D eigenvalue weighted by Gasteiger charge is -2.28. The molecule has 1 unspecified atom stereocenters. The predicted octanol–water partition coefficient (Wildman–Crippen LogP) is -0.685. The van der Waals surface area contributed by atoms with E-state index in [1.54, 1.807) is 0 Å². The van der Waals surface area contributed by atoms with Gasteiger partial charge in [0, 0.05) is 19.6 Å². The van der Waals surface area contributed by atoms with Crippen LogP contribution in [0.4, 0.5) is 13.2 Å². The Labute approximate surface area is 112 Å². The molecule has 1 aliphatic heterocycles. The number of primary amides is 1. The summed E-state index contributed by atoms with van der Waals surface area (Å²) in [4.78, 5) is 12.7. The van der Waals surface area contributed by atoms with E-state index in [-0.39, 0.29) is 18.9 Å². The Morgan fingerprint density at radius 2 is 2.05 bits per heavy atom. The minimum Gasteiger partial charge on any atom is -0.368 e. The van der Waals surface area contributed by atoms with Crippen molar-refractivity contribution < 1.29 is 18.0 Å². The average Bonchev–Trinajstić information content (AvgIpc) is 2.78. The molecule has 0 saturated heterocycles. The second-order valence-corrected chi connectivity index (χ2v) is 4.66. The minimum atomic E-state index is -4.50. The second kappa shape index (κ2) is 5.37. The monoisotopic (exact) mass is 292 g/mol. The van der Waals surface area contributed by atoms with Gasteiger partial charge in [0.15, 0.2) is 0 Å². The summed E-state index contributed by atoms with van der Waals surface area (Å²) in [6.07, 6.45) is -4.14. The maximum atomic E-state index is 12.6. The predicted molar refractivity (Wildman–Crippen MR) is 62.1 cm³/mol. The highest BCUT2D eigenvalue weighted by atomic mass is 19.4. The van der Waals surface area contributed by atoms with Gasteiger partial charge in [0.05, 0.1) is 12.6 Å². The van der Waals surface area contributed by atoms with Gasteiger partial charge in [-0.15, -0.1) is 10.2 Å². The third-order valence-electron chi connectivity index (χ3n) is 3.21. The van der Waals surface area contributed by atoms with Gasteiger partial charge in [0.1, 0.15) is 5.82 Å². The van der Waals surface area contributed by atoms with Crippen LogP contribution in [0.3, 0.4) is 0 Å². The fourth-order valence-corrected chi connectivity index (χ4v) is 2.07. The topological polar surface area (TPSA) is 103 Å². The van der Waals surface area contributed by atoms with Gasteiger partial charge in [-0.2, -0.15) is 13.2 Å². The van der Waals surface area contributed by atoms with Crippen molar-refractivity contribution >= 4 is 5.91 Å². The number of hydrogen-bond acceptors (Lipinski definition) is 5. The highest BCUT2D eigenvalue weighted by Gasteiger charge is 2.39. The van der Waals surface area contributed by atoms with Crippen LogP contribution >= 0.6 is 0 Å². The summed E-state index contributed by atoms with van der Waals surface area (Å²) in [5.41, 5.74) is 10.6. The molecule has 1 aliphatic rings. The Kier molecular flexibility index (Phi) is 3.95. The quantitative estimate of drug-likeness (QED) is 0.765. The number of carbonyl (C=O) groups is 1. The summed E-state index contributed by atoms with van der Waals surface area (Å²) < 4.78 is 39.0. The van der Waals surface area contributed by atoms with Gasteiger partial charge in [-0.3, -0.25) is 9.69 Å². The van der Waals surface area contributed by atoms with Gasteiger partial charge < -0.3 is 16.0 Å². The van der Waals surface area contributed by atoms with Crippen molar-refractivity contribution in [3.05, 3.63) is 11.6 Å². The van der Waals surface area contributed by atoms with Gasteiger partial charge in [-0.25, -0.2) is 0 Å². The van der Waals surface area contributed by atoms with E-state index in [4.69, 9.17) is 11.5 Å². The molecule has 2 rings (SSSR count). The van der Waals surface area contributed by atoms with Crippen LogP contribution in [0, 0.1) is 0 Å². The molecule has 0 saturated carbocycles. The Morgan fingerprint density at radius 1 is 1.35 bits per heavy atom. The van der Waals surface area contributed by atoms with Gasteiger partial charge >= 0.3 is 6.18 Å². The van der Waals surface area contributed by atoms with E-state index >= 15 is 0 Å². The van der Waals surface area contributed by atoms with E-state index in [1.807, 2.05) is 4.90 Å². The van der Waals surface area contributed by atoms with Crippen molar-refractivity contribution in [2.45, 2.75) is 31.7 Å². The number of nitrogens with two attached hydrogens (primary N) is 2. The number of rotatable bonds is 4. The molecule has 10 heteroatoms. The summed E-state index contributed by atoms with van der Waals surface area (Å²) in [7, 11) is 0. The van der Waals surface area contributed by atoms with Gasteiger partial charge in [0.2, 0.25) is 11.7 Å². The SMILES string of the molecule is NC(=O)C(N)CCN1CCn2c(nnc2C(F)(F)F)C1. The smallest absolute Gasteiger partial charge is 0.368 e. The highest BCUT2D eigenvalue weighted by Crippen LogP contribution is 2.29. The van der Waals surface area contributed by atoms with E-state index in [0.717, 1.165) is 4.57 Å². The molecule has 0 aromatic carbocycles. The third-order valence-corrected chi connectivity index (χ3v) is 3.21. The number of carbonyl (C=O) groups excluding carboxylic acids is 1. The lowest BCUT2D eigenvalue weighted by Crippen LogP contribution is -2.41. The second-order valence-electron chi connectivity index (χ2n) is 4.66. The lowest BCUT2D eigenvalue weighted by molar-refractivity contribution is -0.148. The van der Waals surface area contributed by atoms with Crippen LogP contribution in [0.1, 0.15) is 18.1 Å². The lowest BCUT2D eigenvalue weighted by atomic mass is 10.2. The summed E-state index contributed by atoms with van der Waals surface area (Å²) in [5.74, 6) is -1.30. The summed E-state index contributed by atoms with van der Waals surface area (Å²) in [6.45, 7) is 1.29. The van der Waals surface area contributed by atoms with Gasteiger partial charge in [-0.1, -0.05) is 0 Å². The standard InChI is InChI=1S/C10H15F3N6O/c11-10(12,13)9-17-16-7-5-18(3-4-19(7)9)2-1-6(14)8(15)20/h6H,1-5,14H2,(H2,15,20). The van der Waals surface area contributed by atoms with E-state index in [9.17, 15) is 18.0 Å². The average molecular weight is 292 g/mol. The van der Waals surface area contributed by atoms with Crippen molar-refractivity contribution in [3.63, 3.8) is 0 Å². The summed E-state index contributed by atoms with van der Waals surface area (Å²) in [6, 6.07) is -0.750. The fraction of sp³-hybridized carbons (Fsp3) is 0.700. The first kappa shape index (κ1) is 14.7. The van der Waals surface area contributed by atoms with E-state index < -0.39 is 23.9 Å². The number of nitrogens with zero attached hydrogens (tertiary/aromatic N) is 4. The van der Waals surface area contributed by atoms with Crippen molar-refractivity contribution in [2.75, 3.05) is 13.1 Å². The maximum Gasteiger partial charge on any atom is 0.451 e. The molecule has 1 aromatic heterocycles. The summed E-state index contributed by atoms with van der Waals surface area (Å²) in [5, 5.41) is 6.75. The van der Waals surface area contributed by atoms with E-state index in [1.165, 1.54) is 0 Å². The molecule has 4 N–H and O–H groups in total. The highest BCUT2D eigenvalue weighted by molar-refractivity contribution is 5.79.